The summed E-state index contributed by atoms with van der Waals surface area (Å²) in [5, 5.41) is 0. The van der Waals surface area contributed by atoms with Crippen LogP contribution in [0, 0.1) is 0 Å². The molecule has 0 unspecified atom stereocenters. The second kappa shape index (κ2) is 5.65. The molecular weight excluding hydrogens is 236 g/mol. The minimum atomic E-state index is -0.0455. The van der Waals surface area contributed by atoms with Gasteiger partial charge in [-0.1, -0.05) is 31.2 Å². The molecule has 0 aliphatic heterocycles. The highest BCUT2D eigenvalue weighted by Crippen LogP contribution is 2.22. The minimum absolute atomic E-state index is 0.0455. The summed E-state index contributed by atoms with van der Waals surface area (Å²) < 4.78 is 1.61. The number of pyridine rings is 1. The number of hydrogen-bond acceptors (Lipinski definition) is 1. The first-order valence-electron chi connectivity index (χ1n) is 6.44. The van der Waals surface area contributed by atoms with Gasteiger partial charge in [-0.25, -0.2) is 4.90 Å². The molecule has 19 heavy (non-hydrogen) atoms. The van der Waals surface area contributed by atoms with Gasteiger partial charge in [0, 0.05) is 5.56 Å². The van der Waals surface area contributed by atoms with Crippen LogP contribution in [0.2, 0.25) is 0 Å². The van der Waals surface area contributed by atoms with E-state index in [-0.39, 0.29) is 6.03 Å². The van der Waals surface area contributed by atoms with Crippen LogP contribution in [0.4, 0.5) is 4.79 Å². The van der Waals surface area contributed by atoms with E-state index in [0.717, 1.165) is 12.0 Å². The molecule has 0 saturated heterocycles. The van der Waals surface area contributed by atoms with Crippen LogP contribution in [0.5, 0.6) is 0 Å². The number of aryl methyl sites for hydroxylation is 1. The molecule has 0 N–H and O–H groups in total. The molecule has 3 nitrogen and oxygen atoms in total. The molecule has 2 rings (SSSR count). The average molecular weight is 255 g/mol. The van der Waals surface area contributed by atoms with Gasteiger partial charge < -0.3 is 0 Å². The first-order chi connectivity index (χ1) is 9.13. The zero-order chi connectivity index (χ0) is 13.8. The molecule has 0 atom stereocenters. The largest absolute Gasteiger partial charge is 0.497 e. The number of carbonyl (C=O) groups is 1. The minimum Gasteiger partial charge on any atom is -0.231 e. The smallest absolute Gasteiger partial charge is 0.231 e. The van der Waals surface area contributed by atoms with Crippen molar-refractivity contribution in [2.24, 2.45) is 0 Å². The lowest BCUT2D eigenvalue weighted by Crippen LogP contribution is -2.49. The lowest BCUT2D eigenvalue weighted by atomic mass is 9.99. The number of rotatable bonds is 2. The van der Waals surface area contributed by atoms with Crippen LogP contribution in [-0.4, -0.2) is 25.0 Å². The summed E-state index contributed by atoms with van der Waals surface area (Å²) in [6.07, 6.45) is 4.64. The van der Waals surface area contributed by atoms with Crippen LogP contribution in [0.1, 0.15) is 12.5 Å². The maximum absolute atomic E-state index is 12.0. The molecule has 0 bridgehead atoms. The van der Waals surface area contributed by atoms with Gasteiger partial charge >= 0.3 is 6.03 Å². The molecule has 0 saturated carbocycles. The van der Waals surface area contributed by atoms with Crippen LogP contribution < -0.4 is 4.57 Å². The fourth-order valence-electron chi connectivity index (χ4n) is 2.09. The molecule has 3 heteroatoms. The molecule has 0 radical (unpaired) electrons. The van der Waals surface area contributed by atoms with Crippen molar-refractivity contribution >= 4 is 6.03 Å². The molecule has 1 aromatic heterocycles. The van der Waals surface area contributed by atoms with Crippen LogP contribution in [0.3, 0.4) is 0 Å². The Labute approximate surface area is 114 Å². The van der Waals surface area contributed by atoms with Gasteiger partial charge in [-0.3, -0.25) is 0 Å². The highest BCUT2D eigenvalue weighted by molar-refractivity contribution is 5.68. The number of aromatic nitrogens is 1. The van der Waals surface area contributed by atoms with E-state index in [2.05, 4.69) is 19.1 Å². The lowest BCUT2D eigenvalue weighted by Gasteiger charge is -2.08. The molecule has 0 aliphatic carbocycles. The van der Waals surface area contributed by atoms with Crippen molar-refractivity contribution in [2.45, 2.75) is 13.3 Å². The van der Waals surface area contributed by atoms with Crippen molar-refractivity contribution in [1.29, 1.82) is 0 Å². The molecule has 1 amide bonds. The Kier molecular flexibility index (Phi) is 3.95. The fourth-order valence-corrected chi connectivity index (χ4v) is 2.09. The summed E-state index contributed by atoms with van der Waals surface area (Å²) >= 11 is 0. The van der Waals surface area contributed by atoms with Crippen LogP contribution in [0.25, 0.3) is 11.1 Å². The van der Waals surface area contributed by atoms with E-state index in [0.29, 0.717) is 0 Å². The maximum atomic E-state index is 12.0. The Hall–Kier alpha value is -2.16. The topological polar surface area (TPSA) is 24.2 Å². The number of nitrogens with zero attached hydrogens (tertiary/aromatic N) is 2. The molecular formula is C16H19N2O+. The van der Waals surface area contributed by atoms with Crippen molar-refractivity contribution < 1.29 is 9.36 Å². The van der Waals surface area contributed by atoms with Crippen molar-refractivity contribution in [3.63, 3.8) is 0 Å². The van der Waals surface area contributed by atoms with Gasteiger partial charge in [0.05, 0.1) is 20.3 Å². The second-order valence-electron chi connectivity index (χ2n) is 4.69. The Bertz CT molecular complexity index is 591. The standard InChI is InChI=1S/C16H19N2O/c1-4-13-8-5-6-10-15(13)14-9-7-11-18(12-14)16(19)17(2)3/h5-12H,4H2,1-3H3/q+1. The molecule has 98 valence electrons. The summed E-state index contributed by atoms with van der Waals surface area (Å²) in [4.78, 5) is 13.5. The summed E-state index contributed by atoms with van der Waals surface area (Å²) in [7, 11) is 3.50. The van der Waals surface area contributed by atoms with Crippen molar-refractivity contribution in [3.8, 4) is 11.1 Å². The maximum Gasteiger partial charge on any atom is 0.497 e. The van der Waals surface area contributed by atoms with Gasteiger partial charge in [-0.2, -0.15) is 9.36 Å². The summed E-state index contributed by atoms with van der Waals surface area (Å²) in [5.74, 6) is 0. The van der Waals surface area contributed by atoms with Crippen LogP contribution in [0.15, 0.2) is 48.8 Å². The highest BCUT2D eigenvalue weighted by atomic mass is 16.2. The van der Waals surface area contributed by atoms with E-state index in [1.165, 1.54) is 11.1 Å². The Balaban J connectivity index is 2.46. The molecule has 2 aromatic rings. The van der Waals surface area contributed by atoms with E-state index in [1.54, 1.807) is 29.8 Å². The zero-order valence-corrected chi connectivity index (χ0v) is 11.6. The van der Waals surface area contributed by atoms with E-state index >= 15 is 0 Å². The third kappa shape index (κ3) is 2.81. The van der Waals surface area contributed by atoms with Crippen LogP contribution >= 0.6 is 0 Å². The van der Waals surface area contributed by atoms with Gasteiger partial charge in [0.1, 0.15) is 6.20 Å². The van der Waals surface area contributed by atoms with E-state index in [4.69, 9.17) is 0 Å². The zero-order valence-electron chi connectivity index (χ0n) is 11.6. The SMILES string of the molecule is CCc1ccccc1-c1ccc[n+](C(=O)N(C)C)c1. The van der Waals surface area contributed by atoms with Gasteiger partial charge in [0.15, 0.2) is 0 Å². The molecule has 0 spiro atoms. The van der Waals surface area contributed by atoms with E-state index in [1.807, 2.05) is 30.5 Å². The Morgan fingerprint density at radius 1 is 1.16 bits per heavy atom. The molecule has 1 heterocycles. The average Bonchev–Trinajstić information content (AvgIpc) is 2.46. The second-order valence-corrected chi connectivity index (χ2v) is 4.69. The first-order valence-corrected chi connectivity index (χ1v) is 6.44. The number of carbonyl (C=O) groups excluding carboxylic acids is 1. The van der Waals surface area contributed by atoms with Crippen molar-refractivity contribution in [2.75, 3.05) is 14.1 Å². The normalized spacial score (nSPS) is 10.3. The predicted molar refractivity (Wildman–Crippen MR) is 75.9 cm³/mol. The Morgan fingerprint density at radius 2 is 1.89 bits per heavy atom. The van der Waals surface area contributed by atoms with Crippen molar-refractivity contribution in [1.82, 2.24) is 4.90 Å². The summed E-state index contributed by atoms with van der Waals surface area (Å²) in [6.45, 7) is 2.14. The lowest BCUT2D eigenvalue weighted by molar-refractivity contribution is -0.577. The van der Waals surface area contributed by atoms with Gasteiger partial charge in [0.2, 0.25) is 0 Å². The third-order valence-electron chi connectivity index (χ3n) is 3.11. The monoisotopic (exact) mass is 255 g/mol. The summed E-state index contributed by atoms with van der Waals surface area (Å²) in [5.41, 5.74) is 3.54. The first kappa shape index (κ1) is 13.3. The number of benzene rings is 1. The van der Waals surface area contributed by atoms with Gasteiger partial charge in [0.25, 0.3) is 0 Å². The number of hydrogen-bond donors (Lipinski definition) is 0. The van der Waals surface area contributed by atoms with Gasteiger partial charge in [-0.05, 0) is 29.7 Å². The molecule has 0 aliphatic rings. The quantitative estimate of drug-likeness (QED) is 0.757. The third-order valence-corrected chi connectivity index (χ3v) is 3.11. The predicted octanol–water partition coefficient (Wildman–Crippen LogP) is 2.73. The highest BCUT2D eigenvalue weighted by Gasteiger charge is 2.16. The van der Waals surface area contributed by atoms with E-state index < -0.39 is 0 Å². The molecule has 0 fully saturated rings. The summed E-state index contributed by atoms with van der Waals surface area (Å²) in [6, 6.07) is 12.2. The van der Waals surface area contributed by atoms with Crippen molar-refractivity contribution in [3.05, 3.63) is 54.4 Å². The fraction of sp³-hybridized carbons (Fsp3) is 0.250. The number of amides is 1. The Morgan fingerprint density at radius 3 is 2.58 bits per heavy atom. The van der Waals surface area contributed by atoms with Crippen LogP contribution in [-0.2, 0) is 6.42 Å². The van der Waals surface area contributed by atoms with Gasteiger partial charge in [-0.15, -0.1) is 0 Å². The van der Waals surface area contributed by atoms with E-state index in [9.17, 15) is 4.79 Å². The molecule has 1 aromatic carbocycles.